The van der Waals surface area contributed by atoms with Crippen LogP contribution < -0.4 is 10.1 Å². The van der Waals surface area contributed by atoms with Crippen LogP contribution in [0.1, 0.15) is 33.2 Å². The van der Waals surface area contributed by atoms with Gasteiger partial charge in [0, 0.05) is 22.2 Å². The van der Waals surface area contributed by atoms with Crippen LogP contribution in [0.2, 0.25) is 0 Å². The Morgan fingerprint density at radius 2 is 1.70 bits per heavy atom. The Kier molecular flexibility index (Phi) is 8.66. The van der Waals surface area contributed by atoms with E-state index < -0.39 is 5.97 Å². The molecule has 0 saturated heterocycles. The van der Waals surface area contributed by atoms with Gasteiger partial charge in [-0.05, 0) is 36.2 Å². The zero-order valence-electron chi connectivity index (χ0n) is 18.5. The van der Waals surface area contributed by atoms with Gasteiger partial charge in [0.25, 0.3) is 0 Å². The van der Waals surface area contributed by atoms with Crippen molar-refractivity contribution in [1.29, 1.82) is 0 Å². The minimum Gasteiger partial charge on any atom is -0.497 e. The Hall–Kier alpha value is -3.58. The number of esters is 1. The lowest BCUT2D eigenvalue weighted by Crippen LogP contribution is -2.16. The molecule has 0 heterocycles. The highest BCUT2D eigenvalue weighted by atomic mass is 32.2. The summed E-state index contributed by atoms with van der Waals surface area (Å²) in [4.78, 5) is 37.9. The monoisotopic (exact) mass is 463 g/mol. The second-order valence-corrected chi connectivity index (χ2v) is 8.13. The average molecular weight is 464 g/mol. The first-order valence-electron chi connectivity index (χ1n) is 10.4. The molecule has 0 atom stereocenters. The molecular formula is C26H25NO5S. The van der Waals surface area contributed by atoms with Gasteiger partial charge in [0.1, 0.15) is 5.75 Å². The van der Waals surface area contributed by atoms with Crippen molar-refractivity contribution in [2.24, 2.45) is 0 Å². The van der Waals surface area contributed by atoms with Gasteiger partial charge in [0.15, 0.2) is 12.4 Å². The summed E-state index contributed by atoms with van der Waals surface area (Å²) in [5.74, 6) is -0.352. The van der Waals surface area contributed by atoms with Crippen molar-refractivity contribution in [3.63, 3.8) is 0 Å². The Bertz CT molecular complexity index is 1130. The van der Waals surface area contributed by atoms with Gasteiger partial charge in [0.05, 0.1) is 18.4 Å². The molecule has 0 fully saturated rings. The first kappa shape index (κ1) is 24.1. The normalized spacial score (nSPS) is 10.4. The van der Waals surface area contributed by atoms with Crippen LogP contribution in [0.15, 0.2) is 77.7 Å². The van der Waals surface area contributed by atoms with Gasteiger partial charge in [0.2, 0.25) is 5.91 Å². The molecule has 0 aromatic heterocycles. The zero-order chi connectivity index (χ0) is 23.6. The summed E-state index contributed by atoms with van der Waals surface area (Å²) in [6, 6.07) is 21.2. The molecule has 3 aromatic carbocycles. The number of thioether (sulfide) groups is 1. The van der Waals surface area contributed by atoms with E-state index in [0.717, 1.165) is 12.0 Å². The zero-order valence-corrected chi connectivity index (χ0v) is 19.3. The summed E-state index contributed by atoms with van der Waals surface area (Å²) >= 11 is 1.22. The van der Waals surface area contributed by atoms with Crippen LogP contribution in [0.5, 0.6) is 5.75 Å². The number of rotatable bonds is 10. The molecule has 3 aromatic rings. The van der Waals surface area contributed by atoms with E-state index >= 15 is 0 Å². The van der Waals surface area contributed by atoms with E-state index in [4.69, 9.17) is 9.47 Å². The molecule has 3 rings (SSSR count). The van der Waals surface area contributed by atoms with Gasteiger partial charge in [-0.25, -0.2) is 4.79 Å². The maximum atomic E-state index is 12.6. The smallest absolute Gasteiger partial charge is 0.339 e. The molecule has 0 spiro atoms. The van der Waals surface area contributed by atoms with Crippen LogP contribution in [0.4, 0.5) is 5.69 Å². The highest BCUT2D eigenvalue weighted by molar-refractivity contribution is 8.00. The predicted molar refractivity (Wildman–Crippen MR) is 129 cm³/mol. The summed E-state index contributed by atoms with van der Waals surface area (Å²) in [5.41, 5.74) is 2.56. The quantitative estimate of drug-likeness (QED) is 0.258. The van der Waals surface area contributed by atoms with E-state index in [-0.39, 0.29) is 24.1 Å². The number of Topliss-reactive ketones (excluding diaryl/α,β-unsaturated/α-hetero) is 1. The van der Waals surface area contributed by atoms with Crippen molar-refractivity contribution in [3.8, 4) is 5.75 Å². The number of hydrogen-bond acceptors (Lipinski definition) is 6. The fourth-order valence-corrected chi connectivity index (χ4v) is 3.86. The summed E-state index contributed by atoms with van der Waals surface area (Å²) in [6.07, 6.45) is 0.884. The number of ketones is 1. The largest absolute Gasteiger partial charge is 0.497 e. The van der Waals surface area contributed by atoms with Crippen LogP contribution in [0, 0.1) is 0 Å². The van der Waals surface area contributed by atoms with E-state index in [1.54, 1.807) is 67.8 Å². The molecule has 1 amide bonds. The topological polar surface area (TPSA) is 81.7 Å². The molecular weight excluding hydrogens is 438 g/mol. The van der Waals surface area contributed by atoms with E-state index in [0.29, 0.717) is 27.5 Å². The van der Waals surface area contributed by atoms with E-state index in [1.165, 1.54) is 11.8 Å². The Morgan fingerprint density at radius 3 is 2.42 bits per heavy atom. The van der Waals surface area contributed by atoms with E-state index in [9.17, 15) is 14.4 Å². The number of hydrogen-bond donors (Lipinski definition) is 1. The number of carbonyl (C=O) groups excluding carboxylic acids is 3. The molecule has 1 N–H and O–H groups in total. The van der Waals surface area contributed by atoms with Gasteiger partial charge in [-0.2, -0.15) is 0 Å². The van der Waals surface area contributed by atoms with Gasteiger partial charge >= 0.3 is 5.97 Å². The lowest BCUT2D eigenvalue weighted by atomic mass is 10.1. The highest BCUT2D eigenvalue weighted by Crippen LogP contribution is 2.24. The number of carbonyl (C=O) groups is 3. The molecule has 170 valence electrons. The van der Waals surface area contributed by atoms with Gasteiger partial charge in [-0.3, -0.25) is 9.59 Å². The fourth-order valence-electron chi connectivity index (χ4n) is 3.02. The molecule has 0 unspecified atom stereocenters. The van der Waals surface area contributed by atoms with Crippen molar-refractivity contribution in [2.75, 3.05) is 24.8 Å². The Labute approximate surface area is 197 Å². The molecule has 33 heavy (non-hydrogen) atoms. The lowest BCUT2D eigenvalue weighted by molar-refractivity contribution is -0.113. The number of nitrogens with one attached hydrogen (secondary N) is 1. The summed E-state index contributed by atoms with van der Waals surface area (Å²) in [7, 11) is 1.56. The first-order valence-corrected chi connectivity index (χ1v) is 11.4. The Balaban J connectivity index is 1.56. The summed E-state index contributed by atoms with van der Waals surface area (Å²) in [6.45, 7) is 1.69. The highest BCUT2D eigenvalue weighted by Gasteiger charge is 2.16. The van der Waals surface area contributed by atoms with E-state index in [1.807, 2.05) is 19.1 Å². The average Bonchev–Trinajstić information content (AvgIpc) is 2.86. The number of ether oxygens (including phenoxy) is 2. The number of benzene rings is 3. The number of anilines is 1. The van der Waals surface area contributed by atoms with Gasteiger partial charge in [-0.15, -0.1) is 11.8 Å². The minimum absolute atomic E-state index is 0.101. The van der Waals surface area contributed by atoms with Crippen LogP contribution in [-0.4, -0.2) is 37.1 Å². The molecule has 0 aliphatic carbocycles. The van der Waals surface area contributed by atoms with Gasteiger partial charge < -0.3 is 14.8 Å². The van der Waals surface area contributed by atoms with Crippen LogP contribution in [-0.2, 0) is 16.0 Å². The third-order valence-electron chi connectivity index (χ3n) is 4.84. The standard InChI is InChI=1S/C26H25NO5S/c1-3-18-11-13-19(14-12-18)23(28)16-32-26(30)22-9-4-5-10-24(22)33-17-25(29)27-20-7-6-8-21(15-20)31-2/h4-15H,3,16-17H2,1-2H3,(H,27,29). The SMILES string of the molecule is CCc1ccc(C(=O)COC(=O)c2ccccc2SCC(=O)Nc2cccc(OC)c2)cc1. The molecule has 6 nitrogen and oxygen atoms in total. The van der Waals surface area contributed by atoms with Crippen LogP contribution in [0.25, 0.3) is 0 Å². The molecule has 0 bridgehead atoms. The van der Waals surface area contributed by atoms with Crippen molar-refractivity contribution in [2.45, 2.75) is 18.2 Å². The third kappa shape index (κ3) is 6.95. The van der Waals surface area contributed by atoms with Gasteiger partial charge in [-0.1, -0.05) is 49.4 Å². The summed E-state index contributed by atoms with van der Waals surface area (Å²) < 4.78 is 10.4. The molecule has 0 aliphatic heterocycles. The van der Waals surface area contributed by atoms with Crippen molar-refractivity contribution in [1.82, 2.24) is 0 Å². The third-order valence-corrected chi connectivity index (χ3v) is 5.91. The maximum absolute atomic E-state index is 12.6. The lowest BCUT2D eigenvalue weighted by Gasteiger charge is -2.10. The number of aryl methyl sites for hydroxylation is 1. The Morgan fingerprint density at radius 1 is 0.939 bits per heavy atom. The van der Waals surface area contributed by atoms with Crippen molar-refractivity contribution < 1.29 is 23.9 Å². The molecule has 0 saturated carbocycles. The van der Waals surface area contributed by atoms with E-state index in [2.05, 4.69) is 5.32 Å². The fraction of sp³-hybridized carbons (Fsp3) is 0.192. The minimum atomic E-state index is -0.607. The molecule has 0 radical (unpaired) electrons. The second-order valence-electron chi connectivity index (χ2n) is 7.11. The second kappa shape index (κ2) is 11.9. The van der Waals surface area contributed by atoms with Crippen molar-refractivity contribution in [3.05, 3.63) is 89.5 Å². The number of methoxy groups -OCH3 is 1. The molecule has 0 aliphatic rings. The van der Waals surface area contributed by atoms with Crippen LogP contribution in [0.3, 0.4) is 0 Å². The molecule has 7 heteroatoms. The van der Waals surface area contributed by atoms with Crippen molar-refractivity contribution >= 4 is 35.1 Å². The predicted octanol–water partition coefficient (Wildman–Crippen LogP) is 5.03. The summed E-state index contributed by atoms with van der Waals surface area (Å²) in [5, 5.41) is 2.80. The maximum Gasteiger partial charge on any atom is 0.339 e. The first-order chi connectivity index (χ1) is 16.0. The van der Waals surface area contributed by atoms with Crippen LogP contribution >= 0.6 is 11.8 Å². The number of amides is 1.